The van der Waals surface area contributed by atoms with Crippen molar-refractivity contribution in [1.29, 1.82) is 0 Å². The van der Waals surface area contributed by atoms with Crippen LogP contribution in [-0.4, -0.2) is 14.8 Å². The molecule has 0 N–H and O–H groups in total. The highest BCUT2D eigenvalue weighted by Gasteiger charge is 2.51. The maximum absolute atomic E-state index is 4.69. The van der Waals surface area contributed by atoms with Crippen molar-refractivity contribution in [2.75, 3.05) is 0 Å². The molecule has 4 aliphatic carbocycles. The van der Waals surface area contributed by atoms with Gasteiger partial charge in [0.05, 0.1) is 0 Å². The molecule has 2 aromatic rings. The first-order valence-corrected chi connectivity index (χ1v) is 11.8. The third kappa shape index (κ3) is 3.56. The van der Waals surface area contributed by atoms with Crippen molar-refractivity contribution in [3.63, 3.8) is 0 Å². The van der Waals surface area contributed by atoms with Crippen LogP contribution in [0.3, 0.4) is 0 Å². The van der Waals surface area contributed by atoms with Gasteiger partial charge >= 0.3 is 0 Å². The molecule has 4 saturated carbocycles. The van der Waals surface area contributed by atoms with E-state index in [2.05, 4.69) is 52.5 Å². The standard InChI is InChI=1S/C24H31N3S/c1-3-7-27-22(15-24-12-19-9-20(13-24)11-21(10-19)14-24)25-26-23(27)28-16-18-6-4-5-17(2)8-18/h3-6,8,19-21H,1,7,9-16H2,2H3. The van der Waals surface area contributed by atoms with E-state index in [0.29, 0.717) is 5.41 Å². The Morgan fingerprint density at radius 3 is 2.50 bits per heavy atom. The first-order chi connectivity index (χ1) is 13.6. The van der Waals surface area contributed by atoms with Gasteiger partial charge in [0.2, 0.25) is 0 Å². The van der Waals surface area contributed by atoms with Crippen LogP contribution in [0.25, 0.3) is 0 Å². The summed E-state index contributed by atoms with van der Waals surface area (Å²) in [6.45, 7) is 6.95. The number of allylic oxidation sites excluding steroid dienone is 1. The number of aromatic nitrogens is 3. The average molecular weight is 394 g/mol. The van der Waals surface area contributed by atoms with Gasteiger partial charge in [0, 0.05) is 18.7 Å². The fraction of sp³-hybridized carbons (Fsp3) is 0.583. The van der Waals surface area contributed by atoms with E-state index in [0.717, 1.165) is 41.6 Å². The number of nitrogens with zero attached hydrogens (tertiary/aromatic N) is 3. The second kappa shape index (κ2) is 7.37. The third-order valence-corrected chi connectivity index (χ3v) is 8.29. The van der Waals surface area contributed by atoms with Crippen LogP contribution in [0, 0.1) is 30.1 Å². The Labute approximate surface area is 173 Å². The molecule has 4 heteroatoms. The molecule has 0 aliphatic heterocycles. The number of rotatable bonds is 7. The molecule has 0 spiro atoms. The minimum absolute atomic E-state index is 0.499. The predicted molar refractivity (Wildman–Crippen MR) is 115 cm³/mol. The smallest absolute Gasteiger partial charge is 0.191 e. The van der Waals surface area contributed by atoms with Crippen molar-refractivity contribution in [3.8, 4) is 0 Å². The van der Waals surface area contributed by atoms with Gasteiger partial charge in [-0.15, -0.1) is 16.8 Å². The lowest BCUT2D eigenvalue weighted by Gasteiger charge is -2.56. The van der Waals surface area contributed by atoms with Crippen LogP contribution in [-0.2, 0) is 18.7 Å². The van der Waals surface area contributed by atoms with E-state index in [9.17, 15) is 0 Å². The van der Waals surface area contributed by atoms with Crippen molar-refractivity contribution in [2.45, 2.75) is 69.3 Å². The zero-order valence-corrected chi connectivity index (χ0v) is 17.8. The lowest BCUT2D eigenvalue weighted by molar-refractivity contribution is -0.0535. The van der Waals surface area contributed by atoms with Gasteiger partial charge in [-0.2, -0.15) is 0 Å². The lowest BCUT2D eigenvalue weighted by Crippen LogP contribution is -2.47. The van der Waals surface area contributed by atoms with Crippen LogP contribution in [0.15, 0.2) is 42.1 Å². The molecule has 1 aromatic heterocycles. The monoisotopic (exact) mass is 393 g/mol. The molecule has 6 rings (SSSR count). The van der Waals surface area contributed by atoms with Gasteiger partial charge in [-0.25, -0.2) is 0 Å². The molecule has 28 heavy (non-hydrogen) atoms. The Morgan fingerprint density at radius 1 is 1.14 bits per heavy atom. The fourth-order valence-electron chi connectivity index (χ4n) is 6.66. The molecule has 0 saturated heterocycles. The van der Waals surface area contributed by atoms with Crippen LogP contribution in [0.5, 0.6) is 0 Å². The van der Waals surface area contributed by atoms with Crippen molar-refractivity contribution >= 4 is 11.8 Å². The Morgan fingerprint density at radius 2 is 1.86 bits per heavy atom. The second-order valence-corrected chi connectivity index (χ2v) is 10.6. The van der Waals surface area contributed by atoms with E-state index in [4.69, 9.17) is 0 Å². The van der Waals surface area contributed by atoms with Gasteiger partial charge in [-0.3, -0.25) is 0 Å². The van der Waals surface area contributed by atoms with E-state index < -0.39 is 0 Å². The molecule has 1 aromatic carbocycles. The van der Waals surface area contributed by atoms with Crippen LogP contribution < -0.4 is 0 Å². The van der Waals surface area contributed by atoms with Crippen molar-refractivity contribution in [1.82, 2.24) is 14.8 Å². The second-order valence-electron chi connectivity index (χ2n) is 9.67. The van der Waals surface area contributed by atoms with Crippen molar-refractivity contribution < 1.29 is 0 Å². The van der Waals surface area contributed by atoms with Gasteiger partial charge in [0.1, 0.15) is 5.82 Å². The highest BCUT2D eigenvalue weighted by Crippen LogP contribution is 2.61. The van der Waals surface area contributed by atoms with E-state index in [1.165, 1.54) is 55.5 Å². The summed E-state index contributed by atoms with van der Waals surface area (Å²) in [6.07, 6.45) is 11.9. The molecule has 4 fully saturated rings. The van der Waals surface area contributed by atoms with Crippen molar-refractivity contribution in [3.05, 3.63) is 53.9 Å². The summed E-state index contributed by atoms with van der Waals surface area (Å²) < 4.78 is 2.33. The predicted octanol–water partition coefficient (Wildman–Crippen LogP) is 5.82. The number of hydrogen-bond acceptors (Lipinski definition) is 3. The largest absolute Gasteiger partial charge is 0.302 e. The SMILES string of the molecule is C=CCn1c(CC23CC4CC(CC(C4)C2)C3)nnc1SCc1cccc(C)c1. The summed E-state index contributed by atoms with van der Waals surface area (Å²) in [6, 6.07) is 8.75. The summed E-state index contributed by atoms with van der Waals surface area (Å²) in [7, 11) is 0. The van der Waals surface area contributed by atoms with E-state index in [1.807, 2.05) is 6.08 Å². The van der Waals surface area contributed by atoms with Gasteiger partial charge < -0.3 is 4.57 Å². The summed E-state index contributed by atoms with van der Waals surface area (Å²) in [4.78, 5) is 0. The molecule has 0 amide bonds. The Balaban J connectivity index is 1.34. The van der Waals surface area contributed by atoms with Crippen LogP contribution in [0.1, 0.15) is 55.5 Å². The van der Waals surface area contributed by atoms with Gasteiger partial charge in [0.15, 0.2) is 5.16 Å². The summed E-state index contributed by atoms with van der Waals surface area (Å²) >= 11 is 1.80. The number of thioether (sulfide) groups is 1. The normalized spacial score (nSPS) is 30.7. The molecule has 4 bridgehead atoms. The maximum Gasteiger partial charge on any atom is 0.191 e. The Kier molecular flexibility index (Phi) is 4.86. The third-order valence-electron chi connectivity index (χ3n) is 7.25. The zero-order valence-electron chi connectivity index (χ0n) is 16.9. The molecule has 1 heterocycles. The van der Waals surface area contributed by atoms with Crippen LogP contribution in [0.2, 0.25) is 0 Å². The van der Waals surface area contributed by atoms with E-state index in [1.54, 1.807) is 11.8 Å². The van der Waals surface area contributed by atoms with Crippen LogP contribution >= 0.6 is 11.8 Å². The highest BCUT2D eigenvalue weighted by molar-refractivity contribution is 7.98. The number of benzene rings is 1. The number of hydrogen-bond donors (Lipinski definition) is 0. The minimum atomic E-state index is 0.499. The molecular formula is C24H31N3S. The van der Waals surface area contributed by atoms with E-state index >= 15 is 0 Å². The van der Waals surface area contributed by atoms with Gasteiger partial charge in [-0.05, 0) is 74.2 Å². The summed E-state index contributed by atoms with van der Waals surface area (Å²) in [5.41, 5.74) is 3.16. The Hall–Kier alpha value is -1.55. The molecule has 0 atom stereocenters. The summed E-state index contributed by atoms with van der Waals surface area (Å²) in [5, 5.41) is 10.3. The average Bonchev–Trinajstić information content (AvgIpc) is 3.00. The molecule has 148 valence electrons. The maximum atomic E-state index is 4.69. The molecule has 0 unspecified atom stereocenters. The molecule has 3 nitrogen and oxygen atoms in total. The first kappa shape index (κ1) is 18.5. The fourth-order valence-corrected chi connectivity index (χ4v) is 7.57. The lowest BCUT2D eigenvalue weighted by atomic mass is 9.49. The summed E-state index contributed by atoms with van der Waals surface area (Å²) in [5.74, 6) is 5.08. The number of aryl methyl sites for hydroxylation is 1. The highest BCUT2D eigenvalue weighted by atomic mass is 32.2. The first-order valence-electron chi connectivity index (χ1n) is 10.8. The topological polar surface area (TPSA) is 30.7 Å². The molecule has 0 radical (unpaired) electrons. The van der Waals surface area contributed by atoms with Gasteiger partial charge in [0.25, 0.3) is 0 Å². The van der Waals surface area contributed by atoms with Crippen molar-refractivity contribution in [2.24, 2.45) is 23.2 Å². The molecule has 4 aliphatic rings. The quantitative estimate of drug-likeness (QED) is 0.438. The molecular weight excluding hydrogens is 362 g/mol. The zero-order chi connectivity index (χ0) is 19.1. The minimum Gasteiger partial charge on any atom is -0.302 e. The van der Waals surface area contributed by atoms with E-state index in [-0.39, 0.29) is 0 Å². The Bertz CT molecular complexity index is 833. The van der Waals surface area contributed by atoms with Gasteiger partial charge in [-0.1, -0.05) is 47.7 Å². The van der Waals surface area contributed by atoms with Crippen LogP contribution in [0.4, 0.5) is 0 Å².